The Bertz CT molecular complexity index is 873. The Morgan fingerprint density at radius 2 is 2.08 bits per heavy atom. The lowest BCUT2D eigenvalue weighted by atomic mass is 9.97. The summed E-state index contributed by atoms with van der Waals surface area (Å²) in [6.07, 6.45) is 5.89. The molecule has 0 spiro atoms. The predicted octanol–water partition coefficient (Wildman–Crippen LogP) is 3.91. The molecule has 0 saturated carbocycles. The third-order valence-electron chi connectivity index (χ3n) is 5.42. The molecule has 3 aromatic heterocycles. The Morgan fingerprint density at radius 3 is 2.84 bits per heavy atom. The Kier molecular flexibility index (Phi) is 4.65. The third-order valence-corrected chi connectivity index (χ3v) is 6.33. The summed E-state index contributed by atoms with van der Waals surface area (Å²) in [5.41, 5.74) is 9.36. The van der Waals surface area contributed by atoms with E-state index in [0.717, 1.165) is 36.3 Å². The molecule has 0 atom stereocenters. The fraction of sp³-hybridized carbons (Fsp3) is 0.579. The number of anilines is 1. The lowest BCUT2D eigenvalue weighted by Gasteiger charge is -2.29. The molecule has 1 fully saturated rings. The molecule has 0 aliphatic carbocycles. The topological polar surface area (TPSA) is 60.0 Å². The van der Waals surface area contributed by atoms with Crippen LogP contribution in [0.1, 0.15) is 38.4 Å². The van der Waals surface area contributed by atoms with Crippen LogP contribution in [0, 0.1) is 5.92 Å². The van der Waals surface area contributed by atoms with Crippen LogP contribution in [-0.2, 0) is 13.0 Å². The number of pyridine rings is 1. The Balaban J connectivity index is 1.80. The zero-order chi connectivity index (χ0) is 17.4. The zero-order valence-electron chi connectivity index (χ0n) is 15.2. The molecular formula is C19H27N5S. The molecule has 4 heterocycles. The maximum atomic E-state index is 6.25. The van der Waals surface area contributed by atoms with Gasteiger partial charge in [0.05, 0.1) is 15.7 Å². The van der Waals surface area contributed by atoms with E-state index in [1.807, 2.05) is 0 Å². The number of rotatable bonds is 5. The van der Waals surface area contributed by atoms with Crippen LogP contribution < -0.4 is 5.73 Å². The highest BCUT2D eigenvalue weighted by Gasteiger charge is 2.22. The van der Waals surface area contributed by atoms with Gasteiger partial charge < -0.3 is 15.2 Å². The first-order valence-corrected chi connectivity index (χ1v) is 10.3. The van der Waals surface area contributed by atoms with Crippen LogP contribution in [0.15, 0.2) is 11.4 Å². The second-order valence-electron chi connectivity index (χ2n) is 7.32. The highest BCUT2D eigenvalue weighted by molar-refractivity contribution is 7.18. The first-order chi connectivity index (χ1) is 12.2. The van der Waals surface area contributed by atoms with Crippen LogP contribution in [0.5, 0.6) is 0 Å². The number of aryl methyl sites for hydroxylation is 1. The summed E-state index contributed by atoms with van der Waals surface area (Å²) in [4.78, 5) is 11.9. The van der Waals surface area contributed by atoms with E-state index >= 15 is 0 Å². The van der Waals surface area contributed by atoms with E-state index in [1.165, 1.54) is 48.4 Å². The second-order valence-corrected chi connectivity index (χ2v) is 8.23. The van der Waals surface area contributed by atoms with Crippen molar-refractivity contribution in [3.8, 4) is 0 Å². The van der Waals surface area contributed by atoms with E-state index in [4.69, 9.17) is 10.7 Å². The molecule has 3 aromatic rings. The van der Waals surface area contributed by atoms with Gasteiger partial charge in [0.1, 0.15) is 11.3 Å². The summed E-state index contributed by atoms with van der Waals surface area (Å²) >= 11 is 1.75. The molecule has 1 aliphatic rings. The van der Waals surface area contributed by atoms with Crippen molar-refractivity contribution < 1.29 is 0 Å². The van der Waals surface area contributed by atoms with Gasteiger partial charge in [0.2, 0.25) is 0 Å². The standard InChI is InChI=1S/C19H27N5S/c1-3-4-5-15-22-16-17(18-14(8-11-25-18)21-19(16)20)24(15)12-13-6-9-23(2)10-7-13/h8,11,13H,3-7,9-10,12H2,1-2H3,(H2,20,21). The number of nitrogen functional groups attached to an aromatic ring is 1. The zero-order valence-corrected chi connectivity index (χ0v) is 16.0. The van der Waals surface area contributed by atoms with E-state index in [2.05, 4.69) is 39.9 Å². The molecule has 4 rings (SSSR count). The number of thiophene rings is 1. The highest BCUT2D eigenvalue weighted by Crippen LogP contribution is 2.34. The van der Waals surface area contributed by atoms with Gasteiger partial charge >= 0.3 is 0 Å². The van der Waals surface area contributed by atoms with E-state index < -0.39 is 0 Å². The molecule has 0 aromatic carbocycles. The van der Waals surface area contributed by atoms with E-state index in [1.54, 1.807) is 11.3 Å². The number of likely N-dealkylation sites (tertiary alicyclic amines) is 1. The van der Waals surface area contributed by atoms with Crippen molar-refractivity contribution in [3.63, 3.8) is 0 Å². The lowest BCUT2D eigenvalue weighted by Crippen LogP contribution is -2.32. The first-order valence-electron chi connectivity index (χ1n) is 9.37. The minimum absolute atomic E-state index is 0.570. The van der Waals surface area contributed by atoms with Gasteiger partial charge in [-0.2, -0.15) is 0 Å². The van der Waals surface area contributed by atoms with Gasteiger partial charge in [0.25, 0.3) is 0 Å². The Labute approximate surface area is 152 Å². The molecule has 134 valence electrons. The summed E-state index contributed by atoms with van der Waals surface area (Å²) in [6.45, 7) is 5.68. The lowest BCUT2D eigenvalue weighted by molar-refractivity contribution is 0.205. The first kappa shape index (κ1) is 16.8. The molecule has 2 N–H and O–H groups in total. The SMILES string of the molecule is CCCCc1nc2c(N)nc3ccsc3c2n1CC1CCN(C)CC1. The van der Waals surface area contributed by atoms with Gasteiger partial charge in [-0.1, -0.05) is 13.3 Å². The van der Waals surface area contributed by atoms with Crippen LogP contribution >= 0.6 is 11.3 Å². The molecule has 0 amide bonds. The van der Waals surface area contributed by atoms with Crippen molar-refractivity contribution in [1.82, 2.24) is 19.4 Å². The number of imidazole rings is 1. The van der Waals surface area contributed by atoms with Crippen LogP contribution in [0.2, 0.25) is 0 Å². The quantitative estimate of drug-likeness (QED) is 0.752. The van der Waals surface area contributed by atoms with Crippen LogP contribution in [0.4, 0.5) is 5.82 Å². The summed E-state index contributed by atoms with van der Waals surface area (Å²) in [7, 11) is 2.22. The molecule has 6 heteroatoms. The minimum Gasteiger partial charge on any atom is -0.382 e. The number of aromatic nitrogens is 3. The fourth-order valence-corrected chi connectivity index (χ4v) is 4.77. The number of nitrogens with zero attached hydrogens (tertiary/aromatic N) is 4. The number of nitrogens with two attached hydrogens (primary N) is 1. The fourth-order valence-electron chi connectivity index (χ4n) is 3.88. The van der Waals surface area contributed by atoms with Crippen LogP contribution in [-0.4, -0.2) is 39.6 Å². The molecule has 25 heavy (non-hydrogen) atoms. The maximum absolute atomic E-state index is 6.25. The molecule has 0 bridgehead atoms. The second kappa shape index (κ2) is 6.92. The van der Waals surface area contributed by atoms with Crippen molar-refractivity contribution in [2.45, 2.75) is 45.6 Å². The van der Waals surface area contributed by atoms with Crippen LogP contribution in [0.3, 0.4) is 0 Å². The number of hydrogen-bond donors (Lipinski definition) is 1. The summed E-state index contributed by atoms with van der Waals surface area (Å²) in [6, 6.07) is 2.06. The number of piperidine rings is 1. The summed E-state index contributed by atoms with van der Waals surface area (Å²) in [5, 5.41) is 2.11. The van der Waals surface area contributed by atoms with E-state index in [-0.39, 0.29) is 0 Å². The van der Waals surface area contributed by atoms with Crippen molar-refractivity contribution in [1.29, 1.82) is 0 Å². The predicted molar refractivity (Wildman–Crippen MR) is 106 cm³/mol. The maximum Gasteiger partial charge on any atom is 0.152 e. The van der Waals surface area contributed by atoms with Crippen molar-refractivity contribution in [2.24, 2.45) is 5.92 Å². The van der Waals surface area contributed by atoms with Gasteiger partial charge in [0.15, 0.2) is 5.82 Å². The van der Waals surface area contributed by atoms with E-state index in [0.29, 0.717) is 5.82 Å². The normalized spacial score (nSPS) is 17.0. The molecular weight excluding hydrogens is 330 g/mol. The van der Waals surface area contributed by atoms with Gasteiger partial charge in [-0.25, -0.2) is 9.97 Å². The van der Waals surface area contributed by atoms with Crippen molar-refractivity contribution in [2.75, 3.05) is 25.9 Å². The summed E-state index contributed by atoms with van der Waals surface area (Å²) in [5.74, 6) is 2.48. The van der Waals surface area contributed by atoms with Gasteiger partial charge in [-0.05, 0) is 56.8 Å². The number of unbranched alkanes of at least 4 members (excludes halogenated alkanes) is 1. The van der Waals surface area contributed by atoms with Gasteiger partial charge in [-0.15, -0.1) is 11.3 Å². The van der Waals surface area contributed by atoms with Crippen LogP contribution in [0.25, 0.3) is 21.3 Å². The number of hydrogen-bond acceptors (Lipinski definition) is 5. The average Bonchev–Trinajstić information content (AvgIpc) is 3.20. The largest absolute Gasteiger partial charge is 0.382 e. The molecule has 1 aliphatic heterocycles. The average molecular weight is 358 g/mol. The number of fused-ring (bicyclic) bond motifs is 3. The van der Waals surface area contributed by atoms with Crippen molar-refractivity contribution in [3.05, 3.63) is 17.3 Å². The monoisotopic (exact) mass is 357 g/mol. The van der Waals surface area contributed by atoms with Crippen molar-refractivity contribution >= 4 is 38.4 Å². The molecule has 0 unspecified atom stereocenters. The molecule has 5 nitrogen and oxygen atoms in total. The summed E-state index contributed by atoms with van der Waals surface area (Å²) < 4.78 is 3.70. The van der Waals surface area contributed by atoms with Gasteiger partial charge in [-0.3, -0.25) is 0 Å². The highest BCUT2D eigenvalue weighted by atomic mass is 32.1. The third kappa shape index (κ3) is 3.13. The molecule has 1 saturated heterocycles. The smallest absolute Gasteiger partial charge is 0.152 e. The Morgan fingerprint density at radius 1 is 1.28 bits per heavy atom. The molecule has 0 radical (unpaired) electrons. The minimum atomic E-state index is 0.570. The van der Waals surface area contributed by atoms with E-state index in [9.17, 15) is 0 Å². The Hall–Kier alpha value is -1.66. The van der Waals surface area contributed by atoms with Gasteiger partial charge in [0, 0.05) is 13.0 Å².